The molecule has 32 heavy (non-hydrogen) atoms. The zero-order valence-corrected chi connectivity index (χ0v) is 19.8. The maximum atomic E-state index is 12.7. The first-order chi connectivity index (χ1) is 15.3. The van der Waals surface area contributed by atoms with Gasteiger partial charge in [-0.15, -0.1) is 0 Å². The second-order valence-electron chi connectivity index (χ2n) is 10.3. The molecule has 7 heteroatoms. The van der Waals surface area contributed by atoms with Crippen LogP contribution in [0.5, 0.6) is 0 Å². The summed E-state index contributed by atoms with van der Waals surface area (Å²) in [4.78, 5) is 16.9. The van der Waals surface area contributed by atoms with Crippen molar-refractivity contribution in [2.24, 2.45) is 5.92 Å². The van der Waals surface area contributed by atoms with E-state index >= 15 is 0 Å². The molecule has 7 nitrogen and oxygen atoms in total. The van der Waals surface area contributed by atoms with Crippen molar-refractivity contribution >= 4 is 11.7 Å². The number of hydrogen-bond acceptors (Lipinski definition) is 5. The monoisotopic (exact) mass is 440 g/mol. The van der Waals surface area contributed by atoms with Crippen molar-refractivity contribution in [3.63, 3.8) is 0 Å². The fourth-order valence-electron chi connectivity index (χ4n) is 5.14. The Morgan fingerprint density at radius 2 is 2.09 bits per heavy atom. The van der Waals surface area contributed by atoms with E-state index in [1.54, 1.807) is 0 Å². The number of ether oxygens (including phenoxy) is 1. The van der Waals surface area contributed by atoms with Gasteiger partial charge in [-0.2, -0.15) is 5.26 Å². The highest BCUT2D eigenvalue weighted by Crippen LogP contribution is 2.47. The third kappa shape index (κ3) is 4.44. The number of aliphatic hydroxyl groups excluding tert-OH is 1. The molecular weight excluding hydrogens is 404 g/mol. The molecule has 0 unspecified atom stereocenters. The zero-order chi connectivity index (χ0) is 23.0. The highest BCUT2D eigenvalue weighted by molar-refractivity contribution is 5.75. The summed E-state index contributed by atoms with van der Waals surface area (Å²) in [7, 11) is 0. The lowest BCUT2D eigenvalue weighted by Crippen LogP contribution is -2.59. The highest BCUT2D eigenvalue weighted by atomic mass is 16.5. The molecule has 3 aliphatic rings. The Labute approximate surface area is 191 Å². The van der Waals surface area contributed by atoms with Gasteiger partial charge in [-0.25, -0.2) is 4.79 Å². The van der Waals surface area contributed by atoms with Gasteiger partial charge in [0.15, 0.2) is 0 Å². The number of nitrogens with zero attached hydrogens (tertiary/aromatic N) is 3. The fourth-order valence-corrected chi connectivity index (χ4v) is 5.14. The van der Waals surface area contributed by atoms with E-state index in [0.29, 0.717) is 32.2 Å². The first-order valence-electron chi connectivity index (χ1n) is 11.9. The summed E-state index contributed by atoms with van der Waals surface area (Å²) < 4.78 is 6.12. The van der Waals surface area contributed by atoms with E-state index in [2.05, 4.69) is 50.0 Å². The number of urea groups is 1. The van der Waals surface area contributed by atoms with Gasteiger partial charge in [0.1, 0.15) is 6.07 Å². The SMILES string of the molecule is CC(C)[C@@H]1CN(c2cc(C3CC3)c3c(c2C#N)CC(C)(C)OC3)CCN1C(=O)NCCO. The minimum Gasteiger partial charge on any atom is -0.395 e. The second-order valence-corrected chi connectivity index (χ2v) is 10.3. The van der Waals surface area contributed by atoms with E-state index in [1.165, 1.54) is 24.0 Å². The normalized spacial score (nSPS) is 22.5. The van der Waals surface area contributed by atoms with Gasteiger partial charge >= 0.3 is 6.03 Å². The number of anilines is 1. The summed E-state index contributed by atoms with van der Waals surface area (Å²) in [6, 6.07) is 4.69. The molecule has 0 spiro atoms. The van der Waals surface area contributed by atoms with Crippen LogP contribution in [0.2, 0.25) is 0 Å². The van der Waals surface area contributed by atoms with E-state index in [4.69, 9.17) is 9.84 Å². The maximum Gasteiger partial charge on any atom is 0.317 e. The Bertz CT molecular complexity index is 917. The Balaban J connectivity index is 1.68. The fraction of sp³-hybridized carbons (Fsp3) is 0.680. The molecule has 1 saturated heterocycles. The van der Waals surface area contributed by atoms with Crippen LogP contribution in [0.3, 0.4) is 0 Å². The average Bonchev–Trinajstić information content (AvgIpc) is 3.60. The largest absolute Gasteiger partial charge is 0.395 e. The predicted octanol–water partition coefficient (Wildman–Crippen LogP) is 3.14. The number of benzene rings is 1. The van der Waals surface area contributed by atoms with E-state index in [1.807, 2.05) is 4.90 Å². The summed E-state index contributed by atoms with van der Waals surface area (Å²) in [6.07, 6.45) is 3.15. The summed E-state index contributed by atoms with van der Waals surface area (Å²) >= 11 is 0. The Hall–Kier alpha value is -2.30. The molecule has 0 radical (unpaired) electrons. The zero-order valence-electron chi connectivity index (χ0n) is 19.8. The van der Waals surface area contributed by atoms with Crippen molar-refractivity contribution < 1.29 is 14.6 Å². The molecule has 1 aromatic carbocycles. The smallest absolute Gasteiger partial charge is 0.317 e. The number of nitriles is 1. The van der Waals surface area contributed by atoms with Crippen molar-refractivity contribution in [1.82, 2.24) is 10.2 Å². The van der Waals surface area contributed by atoms with Crippen molar-refractivity contribution in [1.29, 1.82) is 5.26 Å². The summed E-state index contributed by atoms with van der Waals surface area (Å²) in [6.45, 7) is 11.2. The van der Waals surface area contributed by atoms with Crippen LogP contribution in [0.15, 0.2) is 6.07 Å². The van der Waals surface area contributed by atoms with Crippen molar-refractivity contribution in [2.45, 2.75) is 71.1 Å². The van der Waals surface area contributed by atoms with Gasteiger partial charge in [0.25, 0.3) is 0 Å². The number of nitrogens with one attached hydrogen (secondary N) is 1. The van der Waals surface area contributed by atoms with E-state index in [0.717, 1.165) is 23.2 Å². The molecule has 0 aromatic heterocycles. The minimum absolute atomic E-state index is 0.0363. The van der Waals surface area contributed by atoms with Gasteiger partial charge < -0.3 is 25.0 Å². The molecule has 1 aliphatic carbocycles. The molecule has 1 aromatic rings. The summed E-state index contributed by atoms with van der Waals surface area (Å²) in [5.41, 5.74) is 5.27. The minimum atomic E-state index is -0.276. The lowest BCUT2D eigenvalue weighted by Gasteiger charge is -2.45. The van der Waals surface area contributed by atoms with E-state index in [9.17, 15) is 10.1 Å². The number of carbonyl (C=O) groups is 1. The molecule has 174 valence electrons. The van der Waals surface area contributed by atoms with Crippen LogP contribution in [-0.4, -0.2) is 60.5 Å². The molecule has 2 heterocycles. The van der Waals surface area contributed by atoms with Gasteiger partial charge in [0.05, 0.1) is 36.1 Å². The Kier molecular flexibility index (Phi) is 6.37. The predicted molar refractivity (Wildman–Crippen MR) is 124 cm³/mol. The molecule has 1 saturated carbocycles. The Morgan fingerprint density at radius 1 is 1.34 bits per heavy atom. The van der Waals surface area contributed by atoms with Crippen LogP contribution >= 0.6 is 0 Å². The van der Waals surface area contributed by atoms with E-state index in [-0.39, 0.29) is 36.7 Å². The molecule has 0 bridgehead atoms. The van der Waals surface area contributed by atoms with Crippen LogP contribution in [0.1, 0.15) is 68.7 Å². The number of fused-ring (bicyclic) bond motifs is 1. The molecule has 1 atom stereocenters. The van der Waals surface area contributed by atoms with Gasteiger partial charge in [0, 0.05) is 32.6 Å². The van der Waals surface area contributed by atoms with Crippen LogP contribution in [0, 0.1) is 17.2 Å². The lowest BCUT2D eigenvalue weighted by molar-refractivity contribution is -0.0405. The number of rotatable bonds is 5. The molecule has 2 fully saturated rings. The first kappa shape index (κ1) is 22.9. The van der Waals surface area contributed by atoms with Crippen LogP contribution in [0.25, 0.3) is 0 Å². The molecular formula is C25H36N4O3. The summed E-state index contributed by atoms with van der Waals surface area (Å²) in [5.74, 6) is 0.850. The molecule has 2 amide bonds. The molecule has 4 rings (SSSR count). The van der Waals surface area contributed by atoms with Gasteiger partial charge in [-0.3, -0.25) is 0 Å². The van der Waals surface area contributed by atoms with Gasteiger partial charge in [-0.05, 0) is 61.3 Å². The first-order valence-corrected chi connectivity index (χ1v) is 11.9. The number of aliphatic hydroxyl groups is 1. The number of carbonyl (C=O) groups excluding carboxylic acids is 1. The number of amides is 2. The Morgan fingerprint density at radius 3 is 2.72 bits per heavy atom. The lowest BCUT2D eigenvalue weighted by atomic mass is 9.83. The molecule has 2 aliphatic heterocycles. The standard InChI is InChI=1S/C25H36N4O3/c1-16(2)23-14-28(8-9-29(23)24(31)27-7-10-30)22-11-18(17-5-6-17)21-15-32-25(3,4)12-19(21)20(22)13-26/h11,16-17,23,30H,5-10,12,14-15H2,1-4H3,(H,27,31)/t23-/m0/s1. The van der Waals surface area contributed by atoms with Crippen LogP contribution < -0.4 is 10.2 Å². The van der Waals surface area contributed by atoms with Gasteiger partial charge in [-0.1, -0.05) is 13.8 Å². The van der Waals surface area contributed by atoms with Crippen LogP contribution in [-0.2, 0) is 17.8 Å². The topological polar surface area (TPSA) is 88.8 Å². The maximum absolute atomic E-state index is 12.7. The van der Waals surface area contributed by atoms with Gasteiger partial charge in [0.2, 0.25) is 0 Å². The third-order valence-corrected chi connectivity index (χ3v) is 7.08. The highest BCUT2D eigenvalue weighted by Gasteiger charge is 2.38. The number of hydrogen-bond donors (Lipinski definition) is 2. The van der Waals surface area contributed by atoms with Crippen molar-refractivity contribution in [3.8, 4) is 6.07 Å². The van der Waals surface area contributed by atoms with Crippen molar-refractivity contribution in [2.75, 3.05) is 37.7 Å². The average molecular weight is 441 g/mol. The number of piperazine rings is 1. The summed E-state index contributed by atoms with van der Waals surface area (Å²) in [5, 5.41) is 22.1. The van der Waals surface area contributed by atoms with Crippen LogP contribution in [0.4, 0.5) is 10.5 Å². The quantitative estimate of drug-likeness (QED) is 0.734. The van der Waals surface area contributed by atoms with Crippen molar-refractivity contribution in [3.05, 3.63) is 28.3 Å². The van der Waals surface area contributed by atoms with E-state index < -0.39 is 0 Å². The molecule has 2 N–H and O–H groups in total. The second kappa shape index (κ2) is 8.92. The third-order valence-electron chi connectivity index (χ3n) is 7.08.